The molecule has 1 unspecified atom stereocenters. The third-order valence-electron chi connectivity index (χ3n) is 4.13. The van der Waals surface area contributed by atoms with Crippen LogP contribution < -0.4 is 10.6 Å². The smallest absolute Gasteiger partial charge is 0.0443 e. The first-order valence-electron chi connectivity index (χ1n) is 7.43. The summed E-state index contributed by atoms with van der Waals surface area (Å²) in [5.41, 5.74) is 11.4. The number of anilines is 2. The van der Waals surface area contributed by atoms with Gasteiger partial charge in [-0.25, -0.2) is 0 Å². The van der Waals surface area contributed by atoms with Crippen molar-refractivity contribution >= 4 is 11.4 Å². The summed E-state index contributed by atoms with van der Waals surface area (Å²) in [7, 11) is 0. The van der Waals surface area contributed by atoms with E-state index in [1.165, 1.54) is 22.5 Å². The van der Waals surface area contributed by atoms with Crippen LogP contribution in [0.1, 0.15) is 18.1 Å². The summed E-state index contributed by atoms with van der Waals surface area (Å²) >= 11 is 0. The zero-order valence-electron chi connectivity index (χ0n) is 12.0. The highest BCUT2D eigenvalue weighted by atomic mass is 15.1. The highest BCUT2D eigenvalue weighted by molar-refractivity contribution is 5.71. The molecule has 0 saturated heterocycles. The number of benzene rings is 2. The summed E-state index contributed by atoms with van der Waals surface area (Å²) in [5.74, 6) is 0.481. The van der Waals surface area contributed by atoms with Crippen LogP contribution in [0.2, 0.25) is 0 Å². The summed E-state index contributed by atoms with van der Waals surface area (Å²) in [6, 6.07) is 17.5. The molecule has 0 radical (unpaired) electrons. The minimum atomic E-state index is 0.481. The van der Waals surface area contributed by atoms with Crippen LogP contribution in [0.5, 0.6) is 0 Å². The molecule has 2 aromatic carbocycles. The van der Waals surface area contributed by atoms with Gasteiger partial charge in [-0.2, -0.15) is 0 Å². The van der Waals surface area contributed by atoms with Crippen LogP contribution in [0.25, 0.3) is 0 Å². The fraction of sp³-hybridized carbons (Fsp3) is 0.333. The minimum absolute atomic E-state index is 0.481. The first kappa shape index (κ1) is 13.2. The molecule has 2 heteroatoms. The average Bonchev–Trinajstić information content (AvgIpc) is 2.65. The maximum absolute atomic E-state index is 5.84. The Bertz CT molecular complexity index is 544. The summed E-state index contributed by atoms with van der Waals surface area (Å²) < 4.78 is 0. The Morgan fingerprint density at radius 1 is 0.950 bits per heavy atom. The second kappa shape index (κ2) is 5.68. The maximum atomic E-state index is 5.84. The summed E-state index contributed by atoms with van der Waals surface area (Å²) in [6.45, 7) is 3.92. The molecule has 0 saturated carbocycles. The molecule has 3 rings (SSSR count). The van der Waals surface area contributed by atoms with Gasteiger partial charge in [0.15, 0.2) is 0 Å². The third kappa shape index (κ3) is 2.44. The quantitative estimate of drug-likeness (QED) is 0.921. The highest BCUT2D eigenvalue weighted by Crippen LogP contribution is 2.36. The van der Waals surface area contributed by atoms with Gasteiger partial charge in [-0.15, -0.1) is 0 Å². The van der Waals surface area contributed by atoms with Crippen molar-refractivity contribution in [2.75, 3.05) is 18.0 Å². The van der Waals surface area contributed by atoms with E-state index in [4.69, 9.17) is 5.73 Å². The van der Waals surface area contributed by atoms with E-state index in [0.29, 0.717) is 5.92 Å². The van der Waals surface area contributed by atoms with Crippen LogP contribution in [-0.4, -0.2) is 13.1 Å². The van der Waals surface area contributed by atoms with E-state index in [0.717, 1.165) is 25.9 Å². The topological polar surface area (TPSA) is 29.3 Å². The van der Waals surface area contributed by atoms with Gasteiger partial charge in [-0.05, 0) is 48.6 Å². The van der Waals surface area contributed by atoms with Gasteiger partial charge in [0.25, 0.3) is 0 Å². The number of para-hydroxylation sites is 2. The molecule has 1 heterocycles. The summed E-state index contributed by atoms with van der Waals surface area (Å²) in [5, 5.41) is 0. The van der Waals surface area contributed by atoms with E-state index in [1.54, 1.807) is 0 Å². The lowest BCUT2D eigenvalue weighted by atomic mass is 10.0. The van der Waals surface area contributed by atoms with Crippen molar-refractivity contribution < 1.29 is 0 Å². The number of nitrogens with two attached hydrogens (primary N) is 1. The predicted molar refractivity (Wildman–Crippen MR) is 85.5 cm³/mol. The number of hydrogen-bond acceptors (Lipinski definition) is 2. The van der Waals surface area contributed by atoms with E-state index >= 15 is 0 Å². The van der Waals surface area contributed by atoms with E-state index in [2.05, 4.69) is 60.4 Å². The number of fused-ring (bicyclic) bond motifs is 2. The van der Waals surface area contributed by atoms with Crippen molar-refractivity contribution in [1.29, 1.82) is 0 Å². The molecule has 0 aromatic heterocycles. The van der Waals surface area contributed by atoms with Gasteiger partial charge < -0.3 is 10.6 Å². The fourth-order valence-corrected chi connectivity index (χ4v) is 2.95. The van der Waals surface area contributed by atoms with Crippen LogP contribution >= 0.6 is 0 Å². The number of hydrogen-bond donors (Lipinski definition) is 1. The first-order valence-corrected chi connectivity index (χ1v) is 7.43. The van der Waals surface area contributed by atoms with Crippen molar-refractivity contribution in [3.05, 3.63) is 59.7 Å². The Kier molecular flexibility index (Phi) is 3.75. The molecule has 20 heavy (non-hydrogen) atoms. The molecular formula is C18H22N2. The van der Waals surface area contributed by atoms with Gasteiger partial charge in [0.2, 0.25) is 0 Å². The maximum Gasteiger partial charge on any atom is 0.0443 e. The normalized spacial score (nSPS) is 15.2. The number of rotatable bonds is 3. The molecule has 1 atom stereocenters. The van der Waals surface area contributed by atoms with Crippen molar-refractivity contribution in [2.45, 2.75) is 19.8 Å². The average molecular weight is 266 g/mol. The van der Waals surface area contributed by atoms with Crippen LogP contribution in [0.4, 0.5) is 11.4 Å². The van der Waals surface area contributed by atoms with Crippen LogP contribution in [0.3, 0.4) is 0 Å². The molecule has 104 valence electrons. The molecule has 1 aliphatic rings. The van der Waals surface area contributed by atoms with E-state index < -0.39 is 0 Å². The molecule has 2 aromatic rings. The molecule has 0 fully saturated rings. The second-order valence-electron chi connectivity index (χ2n) is 5.71. The zero-order chi connectivity index (χ0) is 13.9. The molecule has 0 aliphatic carbocycles. The molecule has 2 N–H and O–H groups in total. The summed E-state index contributed by atoms with van der Waals surface area (Å²) in [4.78, 5) is 2.45. The molecule has 1 aliphatic heterocycles. The van der Waals surface area contributed by atoms with Crippen LogP contribution in [0, 0.1) is 5.92 Å². The fourth-order valence-electron chi connectivity index (χ4n) is 2.95. The Morgan fingerprint density at radius 3 is 1.95 bits per heavy atom. The molecule has 0 bridgehead atoms. The van der Waals surface area contributed by atoms with Crippen molar-refractivity contribution in [1.82, 2.24) is 0 Å². The van der Waals surface area contributed by atoms with Crippen molar-refractivity contribution in [2.24, 2.45) is 11.7 Å². The van der Waals surface area contributed by atoms with Crippen LogP contribution in [0.15, 0.2) is 48.5 Å². The minimum Gasteiger partial charge on any atom is -0.341 e. The van der Waals surface area contributed by atoms with Crippen molar-refractivity contribution in [3.63, 3.8) is 0 Å². The van der Waals surface area contributed by atoms with Gasteiger partial charge in [0, 0.05) is 17.9 Å². The number of aryl methyl sites for hydroxylation is 2. The largest absolute Gasteiger partial charge is 0.341 e. The lowest BCUT2D eigenvalue weighted by molar-refractivity contribution is 0.599. The monoisotopic (exact) mass is 266 g/mol. The molecule has 0 spiro atoms. The van der Waals surface area contributed by atoms with E-state index in [9.17, 15) is 0 Å². The molecule has 0 amide bonds. The van der Waals surface area contributed by atoms with Crippen molar-refractivity contribution in [3.8, 4) is 0 Å². The SMILES string of the molecule is CC(CN)CN1c2ccccc2CCc2ccccc21. The number of nitrogens with zero attached hydrogens (tertiary/aromatic N) is 1. The highest BCUT2D eigenvalue weighted by Gasteiger charge is 2.21. The Morgan fingerprint density at radius 2 is 1.45 bits per heavy atom. The third-order valence-corrected chi connectivity index (χ3v) is 4.13. The lowest BCUT2D eigenvalue weighted by Crippen LogP contribution is -2.28. The Balaban J connectivity index is 2.09. The predicted octanol–water partition coefficient (Wildman–Crippen LogP) is 3.52. The van der Waals surface area contributed by atoms with Gasteiger partial charge in [0.1, 0.15) is 0 Å². The molecule has 2 nitrogen and oxygen atoms in total. The summed E-state index contributed by atoms with van der Waals surface area (Å²) in [6.07, 6.45) is 2.22. The van der Waals surface area contributed by atoms with Crippen LogP contribution in [-0.2, 0) is 12.8 Å². The van der Waals surface area contributed by atoms with Gasteiger partial charge >= 0.3 is 0 Å². The molecular weight excluding hydrogens is 244 g/mol. The van der Waals surface area contributed by atoms with Gasteiger partial charge in [0.05, 0.1) is 0 Å². The second-order valence-corrected chi connectivity index (χ2v) is 5.71. The first-order chi connectivity index (χ1) is 9.79. The van der Waals surface area contributed by atoms with Gasteiger partial charge in [-0.1, -0.05) is 43.3 Å². The Labute approximate surface area is 121 Å². The standard InChI is InChI=1S/C18H22N2/c1-14(12-19)13-20-17-8-4-2-6-15(17)10-11-16-7-3-5-9-18(16)20/h2-9,14H,10-13,19H2,1H3. The van der Waals surface area contributed by atoms with E-state index in [1.807, 2.05) is 0 Å². The zero-order valence-corrected chi connectivity index (χ0v) is 12.0. The Hall–Kier alpha value is -1.80. The van der Waals surface area contributed by atoms with Gasteiger partial charge in [-0.3, -0.25) is 0 Å². The lowest BCUT2D eigenvalue weighted by Gasteiger charge is -2.29. The van der Waals surface area contributed by atoms with E-state index in [-0.39, 0.29) is 0 Å².